The van der Waals surface area contributed by atoms with E-state index in [2.05, 4.69) is 63.0 Å². The van der Waals surface area contributed by atoms with Gasteiger partial charge in [-0.25, -0.2) is 4.79 Å². The van der Waals surface area contributed by atoms with Gasteiger partial charge in [-0.1, -0.05) is 18.2 Å². The van der Waals surface area contributed by atoms with Crippen LogP contribution in [0.3, 0.4) is 0 Å². The first-order chi connectivity index (χ1) is 16.0. The third kappa shape index (κ3) is 4.80. The lowest BCUT2D eigenvalue weighted by Crippen LogP contribution is -2.48. The Bertz CT molecular complexity index is 1120. The Balaban J connectivity index is 1.18. The lowest BCUT2D eigenvalue weighted by atomic mass is 10.0. The average Bonchev–Trinajstić information content (AvgIpc) is 2.97. The molecule has 3 aromatic rings. The van der Waals surface area contributed by atoms with Crippen molar-refractivity contribution in [2.75, 3.05) is 35.2 Å². The normalized spacial score (nSPS) is 16.7. The number of amides is 2. The number of carbonyl (C=O) groups excluding carboxylic acids is 1. The summed E-state index contributed by atoms with van der Waals surface area (Å²) in [6, 6.07) is 21.2. The number of pyridine rings is 1. The van der Waals surface area contributed by atoms with Gasteiger partial charge in [0.05, 0.1) is 0 Å². The van der Waals surface area contributed by atoms with Crippen molar-refractivity contribution < 1.29 is 4.79 Å². The number of nitrogens with zero attached hydrogens (tertiary/aromatic N) is 3. The summed E-state index contributed by atoms with van der Waals surface area (Å²) >= 11 is 0. The largest absolute Gasteiger partial charge is 0.371 e. The van der Waals surface area contributed by atoms with E-state index in [9.17, 15) is 4.79 Å². The molecule has 2 aliphatic rings. The molecule has 6 nitrogen and oxygen atoms in total. The minimum absolute atomic E-state index is 0.0374. The zero-order chi connectivity index (χ0) is 22.8. The fourth-order valence-corrected chi connectivity index (χ4v) is 5.00. The van der Waals surface area contributed by atoms with Gasteiger partial charge < -0.3 is 20.4 Å². The van der Waals surface area contributed by atoms with Crippen LogP contribution in [0.1, 0.15) is 29.8 Å². The first-order valence-corrected chi connectivity index (χ1v) is 11.8. The second-order valence-corrected chi connectivity index (χ2v) is 9.06. The molecule has 0 spiro atoms. The Morgan fingerprint density at radius 3 is 2.33 bits per heavy atom. The molecule has 2 aromatic carbocycles. The fraction of sp³-hybridized carbons (Fsp3) is 0.333. The summed E-state index contributed by atoms with van der Waals surface area (Å²) in [5.41, 5.74) is 7.56. The van der Waals surface area contributed by atoms with Gasteiger partial charge in [0.15, 0.2) is 0 Å². The third-order valence-electron chi connectivity index (χ3n) is 6.65. The minimum atomic E-state index is 0.0374. The van der Waals surface area contributed by atoms with Crippen LogP contribution in [0.5, 0.6) is 0 Å². The van der Waals surface area contributed by atoms with Crippen molar-refractivity contribution in [3.8, 4) is 0 Å². The maximum absolute atomic E-state index is 12.8. The molecule has 3 heterocycles. The van der Waals surface area contributed by atoms with Crippen molar-refractivity contribution in [2.45, 2.75) is 39.2 Å². The molecule has 0 atom stereocenters. The van der Waals surface area contributed by atoms with Crippen molar-refractivity contribution in [3.05, 3.63) is 77.6 Å². The predicted molar refractivity (Wildman–Crippen MR) is 135 cm³/mol. The lowest BCUT2D eigenvalue weighted by Gasteiger charge is -2.39. The quantitative estimate of drug-likeness (QED) is 0.561. The summed E-state index contributed by atoms with van der Waals surface area (Å²) in [7, 11) is 0. The SMILES string of the molecule is Cc1cc(Nc2ccc(N3CCC(N4CCc5ccccc5NC4=O)CC3)cc2)cc(C)n1. The molecule has 2 aliphatic heterocycles. The number of nitrogens with one attached hydrogen (secondary N) is 2. The summed E-state index contributed by atoms with van der Waals surface area (Å²) in [6.45, 7) is 6.72. The van der Waals surface area contributed by atoms with Crippen molar-refractivity contribution in [1.82, 2.24) is 9.88 Å². The summed E-state index contributed by atoms with van der Waals surface area (Å²) < 4.78 is 0. The fourth-order valence-electron chi connectivity index (χ4n) is 5.00. The highest BCUT2D eigenvalue weighted by molar-refractivity contribution is 5.91. The molecule has 2 amide bonds. The van der Waals surface area contributed by atoms with Crippen LogP contribution in [0.4, 0.5) is 27.5 Å². The molecule has 1 aromatic heterocycles. The van der Waals surface area contributed by atoms with Crippen molar-refractivity contribution in [2.24, 2.45) is 0 Å². The van der Waals surface area contributed by atoms with Crippen LogP contribution in [-0.4, -0.2) is 41.6 Å². The van der Waals surface area contributed by atoms with Crippen LogP contribution in [-0.2, 0) is 6.42 Å². The molecule has 0 aliphatic carbocycles. The average molecular weight is 442 g/mol. The summed E-state index contributed by atoms with van der Waals surface area (Å²) in [4.78, 5) is 21.8. The van der Waals surface area contributed by atoms with E-state index in [1.54, 1.807) is 0 Å². The number of para-hydroxylation sites is 1. The smallest absolute Gasteiger partial charge is 0.322 e. The Hall–Kier alpha value is -3.54. The molecular weight excluding hydrogens is 410 g/mol. The van der Waals surface area contributed by atoms with Crippen molar-refractivity contribution in [3.63, 3.8) is 0 Å². The summed E-state index contributed by atoms with van der Waals surface area (Å²) in [5, 5.41) is 6.58. The van der Waals surface area contributed by atoms with Gasteiger partial charge in [-0.15, -0.1) is 0 Å². The highest BCUT2D eigenvalue weighted by atomic mass is 16.2. The number of fused-ring (bicyclic) bond motifs is 1. The Labute approximate surface area is 195 Å². The van der Waals surface area contributed by atoms with E-state index in [1.165, 1.54) is 11.3 Å². The molecule has 5 rings (SSSR count). The third-order valence-corrected chi connectivity index (χ3v) is 6.65. The standard InChI is InChI=1S/C27H31N5O/c1-19-17-23(18-20(2)28-19)29-22-7-9-24(10-8-22)31-14-12-25(13-15-31)32-16-11-21-5-3-4-6-26(21)30-27(32)33/h3-10,17-18,25H,11-16H2,1-2H3,(H,28,29)(H,30,33). The number of benzene rings is 2. The number of rotatable bonds is 4. The van der Waals surface area contributed by atoms with Gasteiger partial charge in [-0.2, -0.15) is 0 Å². The van der Waals surface area contributed by atoms with Gasteiger partial charge in [-0.3, -0.25) is 4.98 Å². The van der Waals surface area contributed by atoms with E-state index in [0.717, 1.165) is 67.3 Å². The zero-order valence-corrected chi connectivity index (χ0v) is 19.3. The van der Waals surface area contributed by atoms with E-state index in [-0.39, 0.29) is 12.1 Å². The Kier molecular flexibility index (Phi) is 5.90. The first-order valence-electron chi connectivity index (χ1n) is 11.8. The van der Waals surface area contributed by atoms with Crippen LogP contribution in [0.25, 0.3) is 0 Å². The zero-order valence-electron chi connectivity index (χ0n) is 19.3. The molecule has 6 heteroatoms. The molecule has 0 saturated carbocycles. The number of aryl methyl sites for hydroxylation is 2. The number of hydrogen-bond donors (Lipinski definition) is 2. The van der Waals surface area contributed by atoms with Crippen LogP contribution >= 0.6 is 0 Å². The molecular formula is C27H31N5O. The monoisotopic (exact) mass is 441 g/mol. The van der Waals surface area contributed by atoms with Gasteiger partial charge in [0.1, 0.15) is 0 Å². The molecule has 1 fully saturated rings. The van der Waals surface area contributed by atoms with Gasteiger partial charge in [0.2, 0.25) is 0 Å². The van der Waals surface area contributed by atoms with Crippen LogP contribution < -0.4 is 15.5 Å². The van der Waals surface area contributed by atoms with E-state index in [0.29, 0.717) is 0 Å². The minimum Gasteiger partial charge on any atom is -0.371 e. The van der Waals surface area contributed by atoms with Gasteiger partial charge in [0.25, 0.3) is 0 Å². The van der Waals surface area contributed by atoms with Gasteiger partial charge in [-0.05, 0) is 81.1 Å². The van der Waals surface area contributed by atoms with Crippen molar-refractivity contribution in [1.29, 1.82) is 0 Å². The second-order valence-electron chi connectivity index (χ2n) is 9.06. The number of urea groups is 1. The van der Waals surface area contributed by atoms with Crippen LogP contribution in [0, 0.1) is 13.8 Å². The molecule has 0 unspecified atom stereocenters. The summed E-state index contributed by atoms with van der Waals surface area (Å²) in [5.74, 6) is 0. The summed E-state index contributed by atoms with van der Waals surface area (Å²) in [6.07, 6.45) is 2.87. The molecule has 2 N–H and O–H groups in total. The number of hydrogen-bond acceptors (Lipinski definition) is 4. The van der Waals surface area contributed by atoms with Crippen LogP contribution in [0.2, 0.25) is 0 Å². The maximum atomic E-state index is 12.8. The highest BCUT2D eigenvalue weighted by Gasteiger charge is 2.30. The number of carbonyl (C=O) groups is 1. The van der Waals surface area contributed by atoms with Crippen LogP contribution in [0.15, 0.2) is 60.7 Å². The molecule has 0 bridgehead atoms. The maximum Gasteiger partial charge on any atom is 0.322 e. The van der Waals surface area contributed by atoms with E-state index in [1.807, 2.05) is 36.9 Å². The molecule has 170 valence electrons. The molecule has 1 saturated heterocycles. The van der Waals surface area contributed by atoms with E-state index < -0.39 is 0 Å². The topological polar surface area (TPSA) is 60.5 Å². The number of anilines is 4. The van der Waals surface area contributed by atoms with E-state index in [4.69, 9.17) is 0 Å². The van der Waals surface area contributed by atoms with E-state index >= 15 is 0 Å². The van der Waals surface area contributed by atoms with Crippen molar-refractivity contribution >= 4 is 28.8 Å². The molecule has 0 radical (unpaired) electrons. The number of piperidine rings is 1. The molecule has 33 heavy (non-hydrogen) atoms. The highest BCUT2D eigenvalue weighted by Crippen LogP contribution is 2.28. The Morgan fingerprint density at radius 2 is 1.61 bits per heavy atom. The predicted octanol–water partition coefficient (Wildman–Crippen LogP) is 5.50. The van der Waals surface area contributed by atoms with Gasteiger partial charge in [0, 0.05) is 59.8 Å². The lowest BCUT2D eigenvalue weighted by molar-refractivity contribution is 0.177. The van der Waals surface area contributed by atoms with Gasteiger partial charge >= 0.3 is 6.03 Å². The number of aromatic nitrogens is 1. The second kappa shape index (κ2) is 9.14. The Morgan fingerprint density at radius 1 is 0.909 bits per heavy atom. The first kappa shape index (κ1) is 21.3.